The molecule has 2 aliphatic heterocycles. The van der Waals surface area contributed by atoms with Gasteiger partial charge in [-0.3, -0.25) is 9.59 Å². The molecule has 2 aliphatic rings. The van der Waals surface area contributed by atoms with E-state index < -0.39 is 21.4 Å². The predicted molar refractivity (Wildman–Crippen MR) is 125 cm³/mol. The van der Waals surface area contributed by atoms with Crippen LogP contribution < -0.4 is 20.2 Å². The third-order valence-corrected chi connectivity index (χ3v) is 8.26. The first-order valence-corrected chi connectivity index (χ1v) is 12.6. The lowest BCUT2D eigenvalue weighted by atomic mass is 10.0. The molecule has 1 fully saturated rings. The Hall–Kier alpha value is -3.37. The number of hydrogen-bond donors (Lipinski definition) is 2. The van der Waals surface area contributed by atoms with Gasteiger partial charge in [-0.05, 0) is 54.7 Å². The van der Waals surface area contributed by atoms with Crippen molar-refractivity contribution in [2.75, 3.05) is 19.9 Å². The van der Waals surface area contributed by atoms with Crippen LogP contribution in [0, 0.1) is 5.92 Å². The zero-order valence-corrected chi connectivity index (χ0v) is 19.5. The summed E-state index contributed by atoms with van der Waals surface area (Å²) in [4.78, 5) is 28.9. The minimum absolute atomic E-state index is 0.0537. The summed E-state index contributed by atoms with van der Waals surface area (Å²) in [6.45, 7) is 3.37. The number of ether oxygens (including phenoxy) is 2. The van der Waals surface area contributed by atoms with E-state index in [1.54, 1.807) is 24.3 Å². The second-order valence-electron chi connectivity index (χ2n) is 8.70. The number of pyridine rings is 1. The molecule has 0 bridgehead atoms. The van der Waals surface area contributed by atoms with Crippen molar-refractivity contribution in [3.63, 3.8) is 0 Å². The van der Waals surface area contributed by atoms with Crippen molar-refractivity contribution in [3.05, 3.63) is 63.9 Å². The number of nitrogens with one attached hydrogen (secondary N) is 2. The van der Waals surface area contributed by atoms with Crippen LogP contribution in [-0.4, -0.2) is 43.5 Å². The van der Waals surface area contributed by atoms with E-state index in [0.717, 1.165) is 18.4 Å². The molecule has 0 unspecified atom stereocenters. The van der Waals surface area contributed by atoms with Crippen LogP contribution in [-0.2, 0) is 16.6 Å². The molecule has 9 nitrogen and oxygen atoms in total. The number of carbonyl (C=O) groups is 1. The number of H-pyrrole nitrogens is 1. The van der Waals surface area contributed by atoms with Gasteiger partial charge in [0, 0.05) is 36.7 Å². The van der Waals surface area contributed by atoms with E-state index in [4.69, 9.17) is 9.47 Å². The zero-order valence-electron chi connectivity index (χ0n) is 18.7. The van der Waals surface area contributed by atoms with Gasteiger partial charge in [-0.1, -0.05) is 13.0 Å². The van der Waals surface area contributed by atoms with E-state index in [0.29, 0.717) is 36.0 Å². The van der Waals surface area contributed by atoms with Gasteiger partial charge < -0.3 is 19.8 Å². The van der Waals surface area contributed by atoms with Crippen molar-refractivity contribution in [2.24, 2.45) is 5.92 Å². The number of hydrogen-bond acceptors (Lipinski definition) is 6. The average molecular weight is 484 g/mol. The number of sulfonamides is 1. The molecule has 0 atom stereocenters. The van der Waals surface area contributed by atoms with Crippen LogP contribution in [0.3, 0.4) is 0 Å². The van der Waals surface area contributed by atoms with Crippen molar-refractivity contribution in [1.29, 1.82) is 0 Å². The molecule has 1 aromatic heterocycles. The molecular weight excluding hydrogens is 458 g/mol. The minimum Gasteiger partial charge on any atom is -0.454 e. The van der Waals surface area contributed by atoms with Crippen molar-refractivity contribution in [2.45, 2.75) is 31.2 Å². The normalized spacial score (nSPS) is 16.6. The molecule has 1 saturated heterocycles. The highest BCUT2D eigenvalue weighted by atomic mass is 32.2. The smallest absolute Gasteiger partial charge is 0.257 e. The summed E-state index contributed by atoms with van der Waals surface area (Å²) in [7, 11) is -3.72. The second-order valence-corrected chi connectivity index (χ2v) is 10.6. The molecule has 2 N–H and O–H groups in total. The minimum atomic E-state index is -3.72. The van der Waals surface area contributed by atoms with E-state index in [1.165, 1.54) is 22.6 Å². The molecule has 178 valence electrons. The highest BCUT2D eigenvalue weighted by Crippen LogP contribution is 2.32. The van der Waals surface area contributed by atoms with E-state index >= 15 is 0 Å². The highest BCUT2D eigenvalue weighted by Gasteiger charge is 2.28. The largest absolute Gasteiger partial charge is 0.454 e. The Bertz CT molecular complexity index is 1420. The van der Waals surface area contributed by atoms with Crippen LogP contribution in [0.4, 0.5) is 0 Å². The summed E-state index contributed by atoms with van der Waals surface area (Å²) in [5.41, 5.74) is 0.637. The first-order chi connectivity index (χ1) is 16.3. The van der Waals surface area contributed by atoms with Crippen molar-refractivity contribution >= 4 is 26.8 Å². The molecule has 1 amide bonds. The highest BCUT2D eigenvalue weighted by molar-refractivity contribution is 7.89. The number of piperidine rings is 1. The zero-order chi connectivity index (χ0) is 23.9. The Labute approximate surface area is 196 Å². The Kier molecular flexibility index (Phi) is 5.78. The van der Waals surface area contributed by atoms with Crippen molar-refractivity contribution in [3.8, 4) is 11.5 Å². The van der Waals surface area contributed by atoms with Gasteiger partial charge in [0.05, 0.1) is 4.90 Å². The molecule has 5 rings (SSSR count). The maximum Gasteiger partial charge on any atom is 0.257 e. The van der Waals surface area contributed by atoms with Gasteiger partial charge in [-0.15, -0.1) is 0 Å². The first-order valence-electron chi connectivity index (χ1n) is 11.2. The average Bonchev–Trinajstić information content (AvgIpc) is 3.31. The number of aromatic nitrogens is 1. The standard InChI is InChI=1S/C24H25N3O6S/c1-15-6-8-27(9-7-15)34(30,31)17-3-4-20-18(11-17)23(28)19(13-25-20)24(29)26-12-16-2-5-21-22(10-16)33-14-32-21/h2-5,10-11,13,15H,6-9,12,14H2,1H3,(H,25,28)(H,26,29). The van der Waals surface area contributed by atoms with Crippen molar-refractivity contribution < 1.29 is 22.7 Å². The molecule has 0 radical (unpaired) electrons. The van der Waals surface area contributed by atoms with E-state index in [1.807, 2.05) is 0 Å². The summed E-state index contributed by atoms with van der Waals surface area (Å²) < 4.78 is 38.3. The molecule has 0 saturated carbocycles. The summed E-state index contributed by atoms with van der Waals surface area (Å²) in [6, 6.07) is 9.74. The second kappa shape index (κ2) is 8.77. The maximum absolute atomic E-state index is 13.1. The summed E-state index contributed by atoms with van der Waals surface area (Å²) in [5, 5.41) is 2.89. The number of benzene rings is 2. The molecule has 10 heteroatoms. The van der Waals surface area contributed by atoms with Crippen LogP contribution >= 0.6 is 0 Å². The van der Waals surface area contributed by atoms with Gasteiger partial charge in [-0.2, -0.15) is 4.31 Å². The summed E-state index contributed by atoms with van der Waals surface area (Å²) >= 11 is 0. The topological polar surface area (TPSA) is 118 Å². The number of amides is 1. The number of aromatic amines is 1. The van der Waals surface area contributed by atoms with Gasteiger partial charge in [-0.25, -0.2) is 8.42 Å². The number of carbonyl (C=O) groups excluding carboxylic acids is 1. The Morgan fingerprint density at radius 2 is 1.88 bits per heavy atom. The SMILES string of the molecule is CC1CCN(S(=O)(=O)c2ccc3[nH]cc(C(=O)NCc4ccc5c(c4)OCO5)c(=O)c3c2)CC1. The molecule has 0 spiro atoms. The van der Waals surface area contributed by atoms with Gasteiger partial charge >= 0.3 is 0 Å². The van der Waals surface area contributed by atoms with Crippen molar-refractivity contribution in [1.82, 2.24) is 14.6 Å². The van der Waals surface area contributed by atoms with Crippen LogP contribution in [0.5, 0.6) is 11.5 Å². The monoisotopic (exact) mass is 483 g/mol. The lowest BCUT2D eigenvalue weighted by Crippen LogP contribution is -2.37. The number of fused-ring (bicyclic) bond motifs is 2. The van der Waals surface area contributed by atoms with Gasteiger partial charge in [0.2, 0.25) is 22.2 Å². The summed E-state index contributed by atoms with van der Waals surface area (Å²) in [6.07, 6.45) is 2.96. The van der Waals surface area contributed by atoms with Crippen LogP contribution in [0.15, 0.2) is 52.3 Å². The molecule has 0 aliphatic carbocycles. The van der Waals surface area contributed by atoms with Crippen LogP contribution in [0.1, 0.15) is 35.7 Å². The first kappa shape index (κ1) is 22.4. The Morgan fingerprint density at radius 3 is 2.68 bits per heavy atom. The van der Waals surface area contributed by atoms with Gasteiger partial charge in [0.25, 0.3) is 5.91 Å². The third-order valence-electron chi connectivity index (χ3n) is 6.37. The lowest BCUT2D eigenvalue weighted by molar-refractivity contribution is 0.0949. The fraction of sp³-hybridized carbons (Fsp3) is 0.333. The van der Waals surface area contributed by atoms with Gasteiger partial charge in [0.15, 0.2) is 11.5 Å². The number of rotatable bonds is 5. The predicted octanol–water partition coefficient (Wildman–Crippen LogP) is 2.61. The fourth-order valence-electron chi connectivity index (χ4n) is 4.23. The maximum atomic E-state index is 13.1. The molecular formula is C24H25N3O6S. The Balaban J connectivity index is 1.38. The van der Waals surface area contributed by atoms with Crippen LogP contribution in [0.25, 0.3) is 10.9 Å². The van der Waals surface area contributed by atoms with E-state index in [2.05, 4.69) is 17.2 Å². The molecule has 3 aromatic rings. The fourth-order valence-corrected chi connectivity index (χ4v) is 5.73. The van der Waals surface area contributed by atoms with Crippen LogP contribution in [0.2, 0.25) is 0 Å². The lowest BCUT2D eigenvalue weighted by Gasteiger charge is -2.29. The van der Waals surface area contributed by atoms with E-state index in [9.17, 15) is 18.0 Å². The quantitative estimate of drug-likeness (QED) is 0.576. The Morgan fingerprint density at radius 1 is 1.12 bits per heavy atom. The number of nitrogens with zero attached hydrogens (tertiary/aromatic N) is 1. The molecule has 3 heterocycles. The molecule has 34 heavy (non-hydrogen) atoms. The van der Waals surface area contributed by atoms with Gasteiger partial charge in [0.1, 0.15) is 5.56 Å². The third kappa shape index (κ3) is 4.14. The molecule has 2 aromatic carbocycles. The van der Waals surface area contributed by atoms with E-state index in [-0.39, 0.29) is 29.2 Å². The summed E-state index contributed by atoms with van der Waals surface area (Å²) in [5.74, 6) is 1.18.